The molecule has 1 fully saturated rings. The molecule has 2 aliphatic heterocycles. The molecule has 10 heteroatoms. The quantitative estimate of drug-likeness (QED) is 0.612. The lowest BCUT2D eigenvalue weighted by atomic mass is 10.1. The summed E-state index contributed by atoms with van der Waals surface area (Å²) in [5.74, 6) is 0.149. The van der Waals surface area contributed by atoms with Crippen LogP contribution in [0.15, 0.2) is 0 Å². The molecule has 2 N–H and O–H groups in total. The van der Waals surface area contributed by atoms with Crippen LogP contribution in [0.1, 0.15) is 31.1 Å². The maximum Gasteiger partial charge on any atom is 0.245 e. The van der Waals surface area contributed by atoms with Crippen LogP contribution in [0.3, 0.4) is 0 Å². The van der Waals surface area contributed by atoms with E-state index in [-0.39, 0.29) is 36.9 Å². The Morgan fingerprint density at radius 3 is 3.12 bits per heavy atom. The van der Waals surface area contributed by atoms with E-state index < -0.39 is 6.04 Å². The van der Waals surface area contributed by atoms with Gasteiger partial charge in [-0.2, -0.15) is 10.1 Å². The molecule has 10 nitrogen and oxygen atoms in total. The van der Waals surface area contributed by atoms with Crippen molar-refractivity contribution in [2.75, 3.05) is 38.8 Å². The molecule has 2 amide bonds. The Kier molecular flexibility index (Phi) is 5.95. The van der Waals surface area contributed by atoms with Gasteiger partial charge in [0.2, 0.25) is 17.8 Å². The Labute approximate surface area is 145 Å². The summed E-state index contributed by atoms with van der Waals surface area (Å²) in [6, 6.07) is -0.717. The maximum atomic E-state index is 12.5. The second-order valence-corrected chi connectivity index (χ2v) is 5.99. The number of amides is 2. The molecule has 0 aliphatic carbocycles. The van der Waals surface area contributed by atoms with Gasteiger partial charge in [0, 0.05) is 20.3 Å². The minimum Gasteiger partial charge on any atom is -0.382 e. The summed E-state index contributed by atoms with van der Waals surface area (Å²) in [7, 11) is 1.59. The number of nitrogens with one attached hydrogen (secondary N) is 2. The number of anilines is 1. The fourth-order valence-corrected chi connectivity index (χ4v) is 2.82. The van der Waals surface area contributed by atoms with Crippen LogP contribution in [0, 0.1) is 0 Å². The highest BCUT2D eigenvalue weighted by molar-refractivity contribution is 5.96. The molecule has 3 heterocycles. The van der Waals surface area contributed by atoms with E-state index in [2.05, 4.69) is 20.7 Å². The van der Waals surface area contributed by atoms with E-state index in [1.807, 2.05) is 0 Å². The number of hydrogen-bond acceptors (Lipinski definition) is 7. The first-order valence-corrected chi connectivity index (χ1v) is 8.38. The summed E-state index contributed by atoms with van der Waals surface area (Å²) < 4.78 is 17.2. The summed E-state index contributed by atoms with van der Waals surface area (Å²) in [6.07, 6.45) is 2.01. The Bertz CT molecular complexity index is 613. The van der Waals surface area contributed by atoms with Crippen molar-refractivity contribution in [1.82, 2.24) is 20.1 Å². The van der Waals surface area contributed by atoms with Gasteiger partial charge in [-0.05, 0) is 12.8 Å². The first-order valence-electron chi connectivity index (χ1n) is 8.38. The van der Waals surface area contributed by atoms with Gasteiger partial charge in [-0.3, -0.25) is 14.9 Å². The van der Waals surface area contributed by atoms with Gasteiger partial charge in [-0.1, -0.05) is 0 Å². The van der Waals surface area contributed by atoms with Crippen molar-refractivity contribution in [2.45, 2.75) is 38.0 Å². The highest BCUT2D eigenvalue weighted by atomic mass is 16.5. The average molecular weight is 353 g/mol. The van der Waals surface area contributed by atoms with Crippen LogP contribution in [0.4, 0.5) is 5.95 Å². The Hall–Kier alpha value is -2.04. The van der Waals surface area contributed by atoms with E-state index in [1.165, 1.54) is 4.68 Å². The highest BCUT2D eigenvalue weighted by Gasteiger charge is 2.33. The molecule has 3 rings (SSSR count). The Morgan fingerprint density at radius 2 is 2.36 bits per heavy atom. The van der Waals surface area contributed by atoms with Crippen molar-refractivity contribution >= 4 is 17.8 Å². The molecule has 2 aliphatic rings. The smallest absolute Gasteiger partial charge is 0.245 e. The number of hydrogen-bond donors (Lipinski definition) is 2. The van der Waals surface area contributed by atoms with Gasteiger partial charge in [0.1, 0.15) is 12.6 Å². The number of nitrogens with zero attached hydrogens (tertiary/aromatic N) is 3. The van der Waals surface area contributed by atoms with Crippen LogP contribution >= 0.6 is 0 Å². The minimum absolute atomic E-state index is 0.0255. The third kappa shape index (κ3) is 4.53. The van der Waals surface area contributed by atoms with Gasteiger partial charge >= 0.3 is 0 Å². The third-order valence-corrected chi connectivity index (χ3v) is 4.09. The Morgan fingerprint density at radius 1 is 1.48 bits per heavy atom. The second-order valence-electron chi connectivity index (χ2n) is 5.99. The van der Waals surface area contributed by atoms with Crippen LogP contribution < -0.4 is 10.6 Å². The summed E-state index contributed by atoms with van der Waals surface area (Å²) in [4.78, 5) is 28.6. The molecule has 25 heavy (non-hydrogen) atoms. The summed E-state index contributed by atoms with van der Waals surface area (Å²) in [6.45, 7) is 2.24. The molecule has 0 spiro atoms. The maximum absolute atomic E-state index is 12.5. The molecule has 0 unspecified atom stereocenters. The van der Waals surface area contributed by atoms with Crippen LogP contribution in [0.5, 0.6) is 0 Å². The number of ether oxygens (including phenoxy) is 3. The SMILES string of the molecule is COCCOCc1nc2n(n1)[C@@H](C(=O)NC[C@H]1CCCO1)CC(=O)N2. The lowest BCUT2D eigenvalue weighted by molar-refractivity contribution is -0.129. The van der Waals surface area contributed by atoms with Gasteiger partial charge in [0.15, 0.2) is 5.82 Å². The second kappa shape index (κ2) is 8.37. The first kappa shape index (κ1) is 17.8. The Balaban J connectivity index is 1.61. The molecule has 0 aromatic carbocycles. The lowest BCUT2D eigenvalue weighted by Crippen LogP contribution is -2.41. The van der Waals surface area contributed by atoms with Crippen molar-refractivity contribution in [3.63, 3.8) is 0 Å². The van der Waals surface area contributed by atoms with Crippen LogP contribution in [-0.4, -0.2) is 66.2 Å². The van der Waals surface area contributed by atoms with Crippen LogP contribution in [0.25, 0.3) is 0 Å². The van der Waals surface area contributed by atoms with Gasteiger partial charge in [-0.25, -0.2) is 4.68 Å². The molecular weight excluding hydrogens is 330 g/mol. The zero-order chi connectivity index (χ0) is 17.6. The van der Waals surface area contributed by atoms with Crippen molar-refractivity contribution in [3.05, 3.63) is 5.82 Å². The number of methoxy groups -OCH3 is 1. The van der Waals surface area contributed by atoms with Crippen LogP contribution in [0.2, 0.25) is 0 Å². The molecule has 0 bridgehead atoms. The predicted molar refractivity (Wildman–Crippen MR) is 85.8 cm³/mol. The molecule has 0 radical (unpaired) electrons. The number of rotatable bonds is 8. The topological polar surface area (TPSA) is 117 Å². The number of aromatic nitrogens is 3. The van der Waals surface area contributed by atoms with Crippen molar-refractivity contribution < 1.29 is 23.8 Å². The largest absolute Gasteiger partial charge is 0.382 e. The summed E-state index contributed by atoms with van der Waals surface area (Å²) in [5, 5.41) is 9.77. The van der Waals surface area contributed by atoms with E-state index in [4.69, 9.17) is 14.2 Å². The number of fused-ring (bicyclic) bond motifs is 1. The van der Waals surface area contributed by atoms with Crippen LogP contribution in [-0.2, 0) is 30.4 Å². The molecule has 0 saturated carbocycles. The number of carbonyl (C=O) groups excluding carboxylic acids is 2. The summed E-state index contributed by atoms with van der Waals surface area (Å²) in [5.41, 5.74) is 0. The number of carbonyl (C=O) groups is 2. The van der Waals surface area contributed by atoms with Crippen molar-refractivity contribution in [2.24, 2.45) is 0 Å². The average Bonchev–Trinajstić information content (AvgIpc) is 3.25. The van der Waals surface area contributed by atoms with Gasteiger partial charge in [0.05, 0.1) is 25.7 Å². The van der Waals surface area contributed by atoms with Gasteiger partial charge in [-0.15, -0.1) is 0 Å². The molecule has 1 aromatic heterocycles. The minimum atomic E-state index is -0.717. The molecule has 2 atom stereocenters. The van der Waals surface area contributed by atoms with E-state index in [0.29, 0.717) is 25.6 Å². The fraction of sp³-hybridized carbons (Fsp3) is 0.733. The third-order valence-electron chi connectivity index (χ3n) is 4.09. The zero-order valence-electron chi connectivity index (χ0n) is 14.2. The molecule has 138 valence electrons. The lowest BCUT2D eigenvalue weighted by Gasteiger charge is -2.23. The van der Waals surface area contributed by atoms with Crippen molar-refractivity contribution in [3.8, 4) is 0 Å². The monoisotopic (exact) mass is 353 g/mol. The fourth-order valence-electron chi connectivity index (χ4n) is 2.82. The highest BCUT2D eigenvalue weighted by Crippen LogP contribution is 2.23. The van der Waals surface area contributed by atoms with Gasteiger partial charge in [0.25, 0.3) is 0 Å². The van der Waals surface area contributed by atoms with Gasteiger partial charge < -0.3 is 19.5 Å². The van der Waals surface area contributed by atoms with E-state index >= 15 is 0 Å². The standard InChI is InChI=1S/C15H23N5O5/c1-23-5-6-24-9-12-17-15-18-13(21)7-11(20(15)19-12)14(22)16-8-10-3-2-4-25-10/h10-11H,2-9H2,1H3,(H,16,22)(H,17,18,19,21)/t10-,11-/m1/s1. The molecular formula is C15H23N5O5. The predicted octanol–water partition coefficient (Wildman–Crippen LogP) is -0.380. The molecule has 1 saturated heterocycles. The van der Waals surface area contributed by atoms with E-state index in [9.17, 15) is 9.59 Å². The normalized spacial score (nSPS) is 22.5. The summed E-state index contributed by atoms with van der Waals surface area (Å²) >= 11 is 0. The van der Waals surface area contributed by atoms with E-state index in [0.717, 1.165) is 19.4 Å². The van der Waals surface area contributed by atoms with Crippen molar-refractivity contribution in [1.29, 1.82) is 0 Å². The van der Waals surface area contributed by atoms with E-state index in [1.54, 1.807) is 7.11 Å². The molecule has 1 aromatic rings. The zero-order valence-corrected chi connectivity index (χ0v) is 14.2. The first-order chi connectivity index (χ1) is 12.2.